The Morgan fingerprint density at radius 1 is 1.12 bits per heavy atom. The third-order valence-corrected chi connectivity index (χ3v) is 3.30. The average Bonchev–Trinajstić information content (AvgIpc) is 2.72. The zero-order valence-corrected chi connectivity index (χ0v) is 9.51. The van der Waals surface area contributed by atoms with Crippen LogP contribution in [0.25, 0.3) is 21.6 Å². The minimum Gasteiger partial charge on any atom is -0.0619 e. The Balaban J connectivity index is 2.30. The molecule has 3 rings (SSSR count). The summed E-state index contributed by atoms with van der Waals surface area (Å²) in [5.41, 5.74) is 15.4. The molecule has 1 aliphatic carbocycles. The van der Waals surface area contributed by atoms with Gasteiger partial charge in [0.25, 0.3) is 0 Å². The van der Waals surface area contributed by atoms with E-state index in [9.17, 15) is 0 Å². The molecule has 3 heteroatoms. The fraction of sp³-hybridized carbons (Fsp3) is 0.143. The van der Waals surface area contributed by atoms with Crippen molar-refractivity contribution < 1.29 is 0 Å². The van der Waals surface area contributed by atoms with E-state index in [1.807, 2.05) is 25.1 Å². The fourth-order valence-electron chi connectivity index (χ4n) is 2.50. The lowest BCUT2D eigenvalue weighted by Gasteiger charge is -2.06. The number of azide groups is 1. The van der Waals surface area contributed by atoms with Gasteiger partial charge in [0.05, 0.1) is 0 Å². The molecule has 0 bridgehead atoms. The summed E-state index contributed by atoms with van der Waals surface area (Å²) in [7, 11) is 0. The Bertz CT molecular complexity index is 653. The maximum Gasteiger partial charge on any atom is 0.0446 e. The zero-order chi connectivity index (χ0) is 11.8. The first-order chi connectivity index (χ1) is 8.31. The van der Waals surface area contributed by atoms with Gasteiger partial charge < -0.3 is 0 Å². The molecule has 0 fully saturated rings. The molecule has 0 amide bonds. The minimum absolute atomic E-state index is 0.793. The number of rotatable bonds is 1. The van der Waals surface area contributed by atoms with Crippen LogP contribution in [-0.4, -0.2) is 0 Å². The molecular weight excluding hydrogens is 210 g/mol. The minimum atomic E-state index is 0.793. The number of nitrogens with zero attached hydrogens (tertiary/aromatic N) is 3. The van der Waals surface area contributed by atoms with Gasteiger partial charge >= 0.3 is 0 Å². The maximum absolute atomic E-state index is 8.65. The highest BCUT2D eigenvalue weighted by molar-refractivity contribution is 5.82. The zero-order valence-electron chi connectivity index (χ0n) is 9.51. The number of aryl methyl sites for hydroxylation is 1. The molecule has 0 atom stereocenters. The monoisotopic (exact) mass is 221 g/mol. The van der Waals surface area contributed by atoms with E-state index in [1.54, 1.807) is 0 Å². The summed E-state index contributed by atoms with van der Waals surface area (Å²) in [4.78, 5) is 2.93. The predicted molar refractivity (Wildman–Crippen MR) is 68.2 cm³/mol. The van der Waals surface area contributed by atoms with Gasteiger partial charge in [0.1, 0.15) is 0 Å². The normalized spacial score (nSPS) is 11.6. The standard InChI is InChI=1S/C14H11N3/c1-9-6-7-12-11-5-3-2-4-10(11)8-13(12)14(9)16-17-15/h2-7H,8H2,1H3. The molecule has 0 saturated carbocycles. The van der Waals surface area contributed by atoms with Gasteiger partial charge in [0.2, 0.25) is 0 Å². The Hall–Kier alpha value is -2.25. The van der Waals surface area contributed by atoms with Gasteiger partial charge in [-0.05, 0) is 46.7 Å². The molecule has 1 aliphatic rings. The molecule has 3 nitrogen and oxygen atoms in total. The first-order valence-electron chi connectivity index (χ1n) is 5.57. The lowest BCUT2D eigenvalue weighted by Crippen LogP contribution is -1.84. The number of hydrogen-bond donors (Lipinski definition) is 0. The molecular formula is C14H11N3. The van der Waals surface area contributed by atoms with Crippen LogP contribution in [0.1, 0.15) is 16.7 Å². The van der Waals surface area contributed by atoms with Crippen LogP contribution in [0.4, 0.5) is 5.69 Å². The van der Waals surface area contributed by atoms with Crippen LogP contribution in [0.3, 0.4) is 0 Å². The third-order valence-electron chi connectivity index (χ3n) is 3.30. The van der Waals surface area contributed by atoms with E-state index in [4.69, 9.17) is 5.53 Å². The Morgan fingerprint density at radius 2 is 1.94 bits per heavy atom. The number of hydrogen-bond acceptors (Lipinski definition) is 1. The van der Waals surface area contributed by atoms with E-state index in [1.165, 1.54) is 16.7 Å². The van der Waals surface area contributed by atoms with Crippen molar-refractivity contribution in [3.63, 3.8) is 0 Å². The van der Waals surface area contributed by atoms with Gasteiger partial charge in [0.15, 0.2) is 0 Å². The first-order valence-corrected chi connectivity index (χ1v) is 5.57. The van der Waals surface area contributed by atoms with Crippen LogP contribution < -0.4 is 0 Å². The lowest BCUT2D eigenvalue weighted by molar-refractivity contribution is 1.22. The second kappa shape index (κ2) is 3.65. The van der Waals surface area contributed by atoms with Crippen molar-refractivity contribution >= 4 is 5.69 Å². The van der Waals surface area contributed by atoms with Crippen LogP contribution in [0.5, 0.6) is 0 Å². The van der Waals surface area contributed by atoms with E-state index in [0.29, 0.717) is 0 Å². The molecule has 0 unspecified atom stereocenters. The highest BCUT2D eigenvalue weighted by Gasteiger charge is 2.20. The van der Waals surface area contributed by atoms with Crippen LogP contribution in [-0.2, 0) is 6.42 Å². The van der Waals surface area contributed by atoms with Crippen molar-refractivity contribution in [2.45, 2.75) is 13.3 Å². The third kappa shape index (κ3) is 1.41. The summed E-state index contributed by atoms with van der Waals surface area (Å²) in [5.74, 6) is 0. The predicted octanol–water partition coefficient (Wildman–Crippen LogP) is 4.51. The Morgan fingerprint density at radius 3 is 2.76 bits per heavy atom. The van der Waals surface area contributed by atoms with E-state index in [0.717, 1.165) is 23.2 Å². The molecule has 0 heterocycles. The largest absolute Gasteiger partial charge is 0.0619 e. The average molecular weight is 221 g/mol. The molecule has 0 saturated heterocycles. The summed E-state index contributed by atoms with van der Waals surface area (Å²) in [6, 6.07) is 12.5. The summed E-state index contributed by atoms with van der Waals surface area (Å²) >= 11 is 0. The second-order valence-electron chi connectivity index (χ2n) is 4.28. The van der Waals surface area contributed by atoms with Crippen molar-refractivity contribution in [3.8, 4) is 11.1 Å². The Labute approximate surface area is 99.3 Å². The van der Waals surface area contributed by atoms with Gasteiger partial charge in [-0.15, -0.1) is 0 Å². The van der Waals surface area contributed by atoms with Crippen LogP contribution in [0, 0.1) is 6.92 Å². The molecule has 17 heavy (non-hydrogen) atoms. The Kier molecular flexibility index (Phi) is 2.13. The molecule has 2 aromatic rings. The lowest BCUT2D eigenvalue weighted by atomic mass is 10.0. The molecule has 82 valence electrons. The first kappa shape index (κ1) is 9.94. The number of fused-ring (bicyclic) bond motifs is 3. The van der Waals surface area contributed by atoms with Gasteiger partial charge in [0, 0.05) is 10.6 Å². The van der Waals surface area contributed by atoms with E-state index < -0.39 is 0 Å². The summed E-state index contributed by atoms with van der Waals surface area (Å²) in [5, 5.41) is 3.84. The van der Waals surface area contributed by atoms with Crippen molar-refractivity contribution in [2.24, 2.45) is 5.11 Å². The van der Waals surface area contributed by atoms with Crippen molar-refractivity contribution in [1.82, 2.24) is 0 Å². The fourth-order valence-corrected chi connectivity index (χ4v) is 2.50. The SMILES string of the molecule is Cc1ccc2c(c1N=[N+]=[N-])Cc1ccccc1-2. The molecule has 0 radical (unpaired) electrons. The second-order valence-corrected chi connectivity index (χ2v) is 4.28. The quantitative estimate of drug-likeness (QED) is 0.330. The van der Waals surface area contributed by atoms with Gasteiger partial charge in [-0.25, -0.2) is 0 Å². The van der Waals surface area contributed by atoms with Crippen LogP contribution in [0.15, 0.2) is 41.5 Å². The highest BCUT2D eigenvalue weighted by atomic mass is 15.1. The van der Waals surface area contributed by atoms with Crippen molar-refractivity contribution in [3.05, 3.63) is 63.5 Å². The molecule has 0 aromatic heterocycles. The highest BCUT2D eigenvalue weighted by Crippen LogP contribution is 2.42. The van der Waals surface area contributed by atoms with Gasteiger partial charge in [-0.1, -0.05) is 41.5 Å². The summed E-state index contributed by atoms with van der Waals surface area (Å²) in [6.45, 7) is 1.98. The summed E-state index contributed by atoms with van der Waals surface area (Å²) < 4.78 is 0. The number of benzene rings is 2. The smallest absolute Gasteiger partial charge is 0.0446 e. The van der Waals surface area contributed by atoms with Gasteiger partial charge in [-0.2, -0.15) is 0 Å². The summed E-state index contributed by atoms with van der Waals surface area (Å²) in [6.07, 6.45) is 0.863. The van der Waals surface area contributed by atoms with Crippen molar-refractivity contribution in [1.29, 1.82) is 0 Å². The van der Waals surface area contributed by atoms with E-state index >= 15 is 0 Å². The van der Waals surface area contributed by atoms with E-state index in [2.05, 4.69) is 28.2 Å². The van der Waals surface area contributed by atoms with Gasteiger partial charge in [-0.3, -0.25) is 0 Å². The molecule has 2 aromatic carbocycles. The molecule has 0 aliphatic heterocycles. The van der Waals surface area contributed by atoms with E-state index in [-0.39, 0.29) is 0 Å². The topological polar surface area (TPSA) is 48.8 Å². The van der Waals surface area contributed by atoms with Crippen LogP contribution >= 0.6 is 0 Å². The van der Waals surface area contributed by atoms with Crippen molar-refractivity contribution in [2.75, 3.05) is 0 Å². The molecule has 0 spiro atoms. The van der Waals surface area contributed by atoms with Crippen LogP contribution in [0.2, 0.25) is 0 Å². The maximum atomic E-state index is 8.65. The molecule has 0 N–H and O–H groups in total.